The maximum Gasteiger partial charge on any atom is 0.246 e. The Bertz CT molecular complexity index is 531. The summed E-state index contributed by atoms with van der Waals surface area (Å²) < 4.78 is 0. The van der Waals surface area contributed by atoms with Crippen molar-refractivity contribution in [3.8, 4) is 0 Å². The number of nitrogens with zero attached hydrogens (tertiary/aromatic N) is 2. The molecule has 3 rings (SSSR count). The Labute approximate surface area is 126 Å². The van der Waals surface area contributed by atoms with Gasteiger partial charge < -0.3 is 20.4 Å². The van der Waals surface area contributed by atoms with Gasteiger partial charge in [-0.1, -0.05) is 13.0 Å². The molecule has 1 aromatic rings. The summed E-state index contributed by atoms with van der Waals surface area (Å²) in [6.07, 6.45) is 1.18. The molecular formula is C16H24N4O. The van der Waals surface area contributed by atoms with Gasteiger partial charge in [0.1, 0.15) is 6.04 Å². The van der Waals surface area contributed by atoms with Crippen LogP contribution >= 0.6 is 0 Å². The topological polar surface area (TPSA) is 47.6 Å². The van der Waals surface area contributed by atoms with Gasteiger partial charge in [0.15, 0.2) is 0 Å². The Morgan fingerprint density at radius 3 is 2.95 bits per heavy atom. The van der Waals surface area contributed by atoms with Crippen molar-refractivity contribution in [3.63, 3.8) is 0 Å². The molecule has 1 saturated heterocycles. The van der Waals surface area contributed by atoms with Crippen LogP contribution in [0.25, 0.3) is 0 Å². The van der Waals surface area contributed by atoms with Crippen LogP contribution in [0.5, 0.6) is 0 Å². The predicted octanol–water partition coefficient (Wildman–Crippen LogP) is 1.43. The van der Waals surface area contributed by atoms with Crippen LogP contribution in [0.1, 0.15) is 24.9 Å². The number of benzene rings is 1. The van der Waals surface area contributed by atoms with Crippen LogP contribution in [0.15, 0.2) is 18.2 Å². The lowest BCUT2D eigenvalue weighted by molar-refractivity contribution is -0.117. The summed E-state index contributed by atoms with van der Waals surface area (Å²) in [5.74, 6) is 0.0552. The lowest BCUT2D eigenvalue weighted by Gasteiger charge is -2.23. The van der Waals surface area contributed by atoms with E-state index in [1.807, 2.05) is 6.92 Å². The Balaban J connectivity index is 1.81. The fraction of sp³-hybridized carbons (Fsp3) is 0.562. The monoisotopic (exact) mass is 288 g/mol. The molecule has 0 radical (unpaired) electrons. The van der Waals surface area contributed by atoms with Gasteiger partial charge >= 0.3 is 0 Å². The van der Waals surface area contributed by atoms with Gasteiger partial charge in [-0.25, -0.2) is 0 Å². The summed E-state index contributed by atoms with van der Waals surface area (Å²) in [4.78, 5) is 16.8. The quantitative estimate of drug-likeness (QED) is 0.883. The van der Waals surface area contributed by atoms with Crippen LogP contribution in [-0.4, -0.2) is 50.6 Å². The summed E-state index contributed by atoms with van der Waals surface area (Å²) in [5, 5.41) is 6.23. The highest BCUT2D eigenvalue weighted by Crippen LogP contribution is 2.34. The fourth-order valence-corrected chi connectivity index (χ4v) is 3.16. The van der Waals surface area contributed by atoms with Gasteiger partial charge in [0.25, 0.3) is 0 Å². The van der Waals surface area contributed by atoms with Crippen molar-refractivity contribution in [1.29, 1.82) is 0 Å². The molecule has 0 saturated carbocycles. The molecule has 21 heavy (non-hydrogen) atoms. The molecule has 0 aliphatic carbocycles. The number of fused-ring (bicyclic) bond motifs is 1. The molecule has 2 aliphatic rings. The van der Waals surface area contributed by atoms with E-state index in [9.17, 15) is 4.79 Å². The molecule has 2 N–H and O–H groups in total. The highest BCUT2D eigenvalue weighted by molar-refractivity contribution is 6.03. The van der Waals surface area contributed by atoms with E-state index in [-0.39, 0.29) is 11.9 Å². The van der Waals surface area contributed by atoms with E-state index in [0.717, 1.165) is 44.0 Å². The first-order valence-corrected chi connectivity index (χ1v) is 7.80. The SMILES string of the molecule is CCNC1C(=O)Nc2cc(N3CCCN(C)CC3)ccc21. The van der Waals surface area contributed by atoms with Gasteiger partial charge in [0.2, 0.25) is 5.91 Å². The Kier molecular flexibility index (Phi) is 4.12. The van der Waals surface area contributed by atoms with Crippen molar-refractivity contribution in [3.05, 3.63) is 23.8 Å². The van der Waals surface area contributed by atoms with Gasteiger partial charge in [-0.3, -0.25) is 4.79 Å². The van der Waals surface area contributed by atoms with E-state index in [0.29, 0.717) is 0 Å². The molecule has 114 valence electrons. The van der Waals surface area contributed by atoms with E-state index in [4.69, 9.17) is 0 Å². The van der Waals surface area contributed by atoms with Gasteiger partial charge in [-0.15, -0.1) is 0 Å². The number of nitrogens with one attached hydrogen (secondary N) is 2. The molecule has 1 unspecified atom stereocenters. The van der Waals surface area contributed by atoms with Crippen molar-refractivity contribution >= 4 is 17.3 Å². The van der Waals surface area contributed by atoms with Crippen LogP contribution in [0.2, 0.25) is 0 Å². The lowest BCUT2D eigenvalue weighted by atomic mass is 10.1. The Hall–Kier alpha value is -1.59. The number of anilines is 2. The number of hydrogen-bond acceptors (Lipinski definition) is 4. The molecule has 1 fully saturated rings. The highest BCUT2D eigenvalue weighted by atomic mass is 16.2. The molecule has 5 heteroatoms. The van der Waals surface area contributed by atoms with Crippen LogP contribution < -0.4 is 15.5 Å². The zero-order valence-corrected chi connectivity index (χ0v) is 12.9. The molecule has 5 nitrogen and oxygen atoms in total. The standard InChI is InChI=1S/C16H24N4O/c1-3-17-15-13-6-5-12(11-14(13)18-16(15)21)20-8-4-7-19(2)9-10-20/h5-6,11,15,17H,3-4,7-10H2,1-2H3,(H,18,21). The zero-order chi connectivity index (χ0) is 14.8. The Morgan fingerprint density at radius 2 is 2.14 bits per heavy atom. The summed E-state index contributed by atoms with van der Waals surface area (Å²) in [6.45, 7) is 7.17. The second-order valence-electron chi connectivity index (χ2n) is 5.90. The maximum atomic E-state index is 12.0. The molecule has 2 heterocycles. The van der Waals surface area contributed by atoms with E-state index in [2.05, 4.69) is 45.7 Å². The first-order valence-electron chi connectivity index (χ1n) is 7.80. The number of carbonyl (C=O) groups excluding carboxylic acids is 1. The molecule has 0 aromatic heterocycles. The van der Waals surface area contributed by atoms with Crippen molar-refractivity contribution in [2.75, 3.05) is 50.0 Å². The highest BCUT2D eigenvalue weighted by Gasteiger charge is 2.30. The minimum atomic E-state index is -0.200. The maximum absolute atomic E-state index is 12.0. The minimum Gasteiger partial charge on any atom is -0.370 e. The molecule has 1 amide bonds. The van der Waals surface area contributed by atoms with Gasteiger partial charge in [0, 0.05) is 36.6 Å². The van der Waals surface area contributed by atoms with Crippen molar-refractivity contribution in [1.82, 2.24) is 10.2 Å². The Morgan fingerprint density at radius 1 is 1.29 bits per heavy atom. The average Bonchev–Trinajstić information content (AvgIpc) is 2.64. The van der Waals surface area contributed by atoms with Gasteiger partial charge in [-0.05, 0) is 38.7 Å². The third kappa shape index (κ3) is 2.89. The average molecular weight is 288 g/mol. The molecular weight excluding hydrogens is 264 g/mol. The van der Waals surface area contributed by atoms with Crippen molar-refractivity contribution < 1.29 is 4.79 Å². The molecule has 0 spiro atoms. The molecule has 1 atom stereocenters. The molecule has 2 aliphatic heterocycles. The second kappa shape index (κ2) is 6.03. The summed E-state index contributed by atoms with van der Waals surface area (Å²) in [6, 6.07) is 6.16. The summed E-state index contributed by atoms with van der Waals surface area (Å²) in [5.41, 5.74) is 3.24. The van der Waals surface area contributed by atoms with Crippen molar-refractivity contribution in [2.24, 2.45) is 0 Å². The summed E-state index contributed by atoms with van der Waals surface area (Å²) >= 11 is 0. The number of rotatable bonds is 3. The normalized spacial score (nSPS) is 22.9. The first kappa shape index (κ1) is 14.4. The van der Waals surface area contributed by atoms with Gasteiger partial charge in [0.05, 0.1) is 0 Å². The van der Waals surface area contributed by atoms with E-state index < -0.39 is 0 Å². The van der Waals surface area contributed by atoms with Crippen molar-refractivity contribution in [2.45, 2.75) is 19.4 Å². The largest absolute Gasteiger partial charge is 0.370 e. The number of amides is 1. The van der Waals surface area contributed by atoms with Crippen LogP contribution in [0.3, 0.4) is 0 Å². The zero-order valence-electron chi connectivity index (χ0n) is 12.9. The molecule has 0 bridgehead atoms. The number of carbonyl (C=O) groups is 1. The van der Waals surface area contributed by atoms with Crippen LogP contribution in [0.4, 0.5) is 11.4 Å². The van der Waals surface area contributed by atoms with Crippen LogP contribution in [-0.2, 0) is 4.79 Å². The lowest BCUT2D eigenvalue weighted by Crippen LogP contribution is -2.28. The second-order valence-corrected chi connectivity index (χ2v) is 5.90. The fourth-order valence-electron chi connectivity index (χ4n) is 3.16. The minimum absolute atomic E-state index is 0.0552. The first-order chi connectivity index (χ1) is 10.2. The van der Waals surface area contributed by atoms with E-state index >= 15 is 0 Å². The van der Waals surface area contributed by atoms with Gasteiger partial charge in [-0.2, -0.15) is 0 Å². The third-order valence-electron chi connectivity index (χ3n) is 4.36. The summed E-state index contributed by atoms with van der Waals surface area (Å²) in [7, 11) is 2.17. The smallest absolute Gasteiger partial charge is 0.246 e. The van der Waals surface area contributed by atoms with E-state index in [1.54, 1.807) is 0 Å². The number of likely N-dealkylation sites (N-methyl/N-ethyl adjacent to an activating group) is 2. The predicted molar refractivity (Wildman–Crippen MR) is 85.8 cm³/mol. The third-order valence-corrected chi connectivity index (χ3v) is 4.36. The number of hydrogen-bond donors (Lipinski definition) is 2. The molecule has 1 aromatic carbocycles. The van der Waals surface area contributed by atoms with E-state index in [1.165, 1.54) is 12.1 Å². The van der Waals surface area contributed by atoms with Crippen LogP contribution in [0, 0.1) is 0 Å².